The standard InChI is InChI=1S/C24H33N3O4S/c1-17-8-10-18-6-5-7-19(12-18)15-24(2,25)23(28)31-16-20-13-21(11-9-17)26-22(14-20)27(3)32(4,29)30/h5-7,12-14,17H,8-11,15-16,25H2,1-4H3/p+1/t17-,24-/m1/s1. The number of hydrogen-bond acceptors (Lipinski definition) is 5. The van der Waals surface area contributed by atoms with Crippen molar-refractivity contribution in [2.45, 2.75) is 58.1 Å². The highest BCUT2D eigenvalue weighted by Crippen LogP contribution is 2.22. The first kappa shape index (κ1) is 24.2. The number of esters is 1. The predicted molar refractivity (Wildman–Crippen MR) is 125 cm³/mol. The van der Waals surface area contributed by atoms with Gasteiger partial charge in [-0.05, 0) is 60.4 Å². The fourth-order valence-corrected chi connectivity index (χ4v) is 4.30. The molecule has 0 amide bonds. The van der Waals surface area contributed by atoms with Crippen LogP contribution in [0, 0.1) is 5.92 Å². The minimum Gasteiger partial charge on any atom is -0.456 e. The van der Waals surface area contributed by atoms with Crippen molar-refractivity contribution in [2.24, 2.45) is 5.92 Å². The Hall–Kier alpha value is -2.45. The number of carbonyl (C=O) groups is 1. The molecule has 3 rings (SSSR count). The van der Waals surface area contributed by atoms with Gasteiger partial charge in [0.05, 0.1) is 6.26 Å². The lowest BCUT2D eigenvalue weighted by Gasteiger charge is -2.21. The minimum atomic E-state index is -3.46. The number of nitrogens with zero attached hydrogens (tertiary/aromatic N) is 2. The number of hydrogen-bond donors (Lipinski definition) is 1. The van der Waals surface area contributed by atoms with Gasteiger partial charge in [-0.15, -0.1) is 0 Å². The first-order chi connectivity index (χ1) is 14.9. The largest absolute Gasteiger partial charge is 0.456 e. The monoisotopic (exact) mass is 460 g/mol. The summed E-state index contributed by atoms with van der Waals surface area (Å²) in [6, 6.07) is 11.9. The molecule has 3 N–H and O–H groups in total. The zero-order valence-electron chi connectivity index (χ0n) is 19.4. The Balaban J connectivity index is 1.94. The Bertz CT molecular complexity index is 1080. The van der Waals surface area contributed by atoms with Crippen molar-refractivity contribution in [1.29, 1.82) is 0 Å². The van der Waals surface area contributed by atoms with Gasteiger partial charge in [-0.2, -0.15) is 0 Å². The lowest BCUT2D eigenvalue weighted by molar-refractivity contribution is -0.456. The average Bonchev–Trinajstić information content (AvgIpc) is 2.72. The van der Waals surface area contributed by atoms with E-state index in [0.29, 0.717) is 23.7 Å². The van der Waals surface area contributed by atoms with Crippen molar-refractivity contribution in [3.63, 3.8) is 0 Å². The molecule has 0 saturated carbocycles. The van der Waals surface area contributed by atoms with Crippen molar-refractivity contribution < 1.29 is 23.7 Å². The third kappa shape index (κ3) is 6.29. The van der Waals surface area contributed by atoms with Crippen LogP contribution in [0.25, 0.3) is 0 Å². The fourth-order valence-electron chi connectivity index (χ4n) is 3.87. The van der Waals surface area contributed by atoms with Gasteiger partial charge in [0.2, 0.25) is 10.0 Å². The highest BCUT2D eigenvalue weighted by Gasteiger charge is 2.35. The molecular weight excluding hydrogens is 426 g/mol. The van der Waals surface area contributed by atoms with Crippen LogP contribution in [0.1, 0.15) is 49.1 Å². The molecule has 0 fully saturated rings. The van der Waals surface area contributed by atoms with Crippen LogP contribution in [0.5, 0.6) is 0 Å². The molecular formula is C24H34N3O4S+. The summed E-state index contributed by atoms with van der Waals surface area (Å²) >= 11 is 0. The maximum absolute atomic E-state index is 12.8. The molecule has 8 heteroatoms. The second-order valence-corrected chi connectivity index (χ2v) is 11.4. The molecule has 2 heterocycles. The van der Waals surface area contributed by atoms with Gasteiger partial charge in [0.1, 0.15) is 12.4 Å². The highest BCUT2D eigenvalue weighted by atomic mass is 32.2. The van der Waals surface area contributed by atoms with Crippen molar-refractivity contribution in [3.05, 3.63) is 58.8 Å². The first-order valence-electron chi connectivity index (χ1n) is 11.0. The summed E-state index contributed by atoms with van der Waals surface area (Å²) in [5.41, 5.74) is 7.02. The number of cyclic esters (lactones) is 1. The van der Waals surface area contributed by atoms with E-state index < -0.39 is 15.6 Å². The van der Waals surface area contributed by atoms with Gasteiger partial charge in [-0.3, -0.25) is 4.31 Å². The Morgan fingerprint density at radius 1 is 1.12 bits per heavy atom. The van der Waals surface area contributed by atoms with E-state index in [1.807, 2.05) is 18.2 Å². The molecule has 1 aliphatic heterocycles. The molecule has 0 spiro atoms. The predicted octanol–water partition coefficient (Wildman–Crippen LogP) is 2.28. The molecule has 1 aliphatic rings. The van der Waals surface area contributed by atoms with E-state index in [-0.39, 0.29) is 12.6 Å². The summed E-state index contributed by atoms with van der Waals surface area (Å²) in [7, 11) is -1.98. The summed E-state index contributed by atoms with van der Waals surface area (Å²) in [6.45, 7) is 4.06. The Kier molecular flexibility index (Phi) is 7.25. The molecule has 0 unspecified atom stereocenters. The molecule has 2 aromatic rings. The number of ether oxygens (including phenoxy) is 1. The van der Waals surface area contributed by atoms with Crippen molar-refractivity contribution >= 4 is 21.8 Å². The van der Waals surface area contributed by atoms with Crippen LogP contribution < -0.4 is 10.0 Å². The summed E-state index contributed by atoms with van der Waals surface area (Å²) in [5, 5.41) is 0. The van der Waals surface area contributed by atoms with E-state index in [2.05, 4.69) is 29.8 Å². The summed E-state index contributed by atoms with van der Waals surface area (Å²) in [6.07, 6.45) is 5.30. The number of aryl methyl sites for hydroxylation is 2. The molecule has 0 aliphatic carbocycles. The second-order valence-electron chi connectivity index (χ2n) is 9.37. The van der Waals surface area contributed by atoms with Crippen molar-refractivity contribution in [3.8, 4) is 0 Å². The number of rotatable bonds is 2. The van der Waals surface area contributed by atoms with E-state index in [9.17, 15) is 13.2 Å². The zero-order valence-corrected chi connectivity index (χ0v) is 20.2. The summed E-state index contributed by atoms with van der Waals surface area (Å²) < 4.78 is 30.9. The van der Waals surface area contributed by atoms with Gasteiger partial charge in [0.15, 0.2) is 5.54 Å². The number of benzene rings is 1. The SMILES string of the molecule is C[C@@H]1CCc2cccc(c2)C[C@@](C)([NH3+])C(=O)OCc2cc(nc(N(C)S(C)(=O)=O)c2)CC1. The lowest BCUT2D eigenvalue weighted by Crippen LogP contribution is -2.76. The van der Waals surface area contributed by atoms with Gasteiger partial charge in [0, 0.05) is 26.1 Å². The molecule has 4 bridgehead atoms. The van der Waals surface area contributed by atoms with Gasteiger partial charge in [-0.1, -0.05) is 31.2 Å². The van der Waals surface area contributed by atoms with Gasteiger partial charge >= 0.3 is 5.97 Å². The molecule has 32 heavy (non-hydrogen) atoms. The highest BCUT2D eigenvalue weighted by molar-refractivity contribution is 7.92. The number of sulfonamides is 1. The number of carbonyl (C=O) groups excluding carboxylic acids is 1. The Morgan fingerprint density at radius 2 is 1.81 bits per heavy atom. The van der Waals surface area contributed by atoms with E-state index in [1.54, 1.807) is 13.0 Å². The number of quaternary nitrogens is 1. The fraction of sp³-hybridized carbons (Fsp3) is 0.500. The van der Waals surface area contributed by atoms with Crippen LogP contribution in [-0.4, -0.2) is 38.2 Å². The third-order valence-electron chi connectivity index (χ3n) is 6.01. The smallest absolute Gasteiger partial charge is 0.368 e. The molecule has 0 radical (unpaired) electrons. The van der Waals surface area contributed by atoms with Gasteiger partial charge in [0.25, 0.3) is 0 Å². The Morgan fingerprint density at radius 3 is 2.53 bits per heavy atom. The topological polar surface area (TPSA) is 104 Å². The van der Waals surface area contributed by atoms with E-state index in [1.165, 1.54) is 12.6 Å². The molecule has 7 nitrogen and oxygen atoms in total. The third-order valence-corrected chi connectivity index (χ3v) is 7.19. The molecule has 1 aromatic carbocycles. The van der Waals surface area contributed by atoms with Crippen LogP contribution in [0.3, 0.4) is 0 Å². The maximum atomic E-state index is 12.8. The van der Waals surface area contributed by atoms with Crippen molar-refractivity contribution in [1.82, 2.24) is 4.98 Å². The quantitative estimate of drug-likeness (QED) is 0.693. The molecule has 1 aromatic heterocycles. The van der Waals surface area contributed by atoms with Crippen LogP contribution in [-0.2, 0) is 45.4 Å². The summed E-state index contributed by atoms with van der Waals surface area (Å²) in [4.78, 5) is 17.4. The number of fused-ring (bicyclic) bond motifs is 4. The lowest BCUT2D eigenvalue weighted by atomic mass is 9.91. The summed E-state index contributed by atoms with van der Waals surface area (Å²) in [5.74, 6) is 0.432. The van der Waals surface area contributed by atoms with Gasteiger partial charge < -0.3 is 10.5 Å². The Labute approximate surface area is 191 Å². The van der Waals surface area contributed by atoms with E-state index >= 15 is 0 Å². The van der Waals surface area contributed by atoms with Gasteiger partial charge in [-0.25, -0.2) is 18.2 Å². The maximum Gasteiger partial charge on any atom is 0.368 e. The van der Waals surface area contributed by atoms with Crippen LogP contribution in [0.2, 0.25) is 0 Å². The zero-order chi connectivity index (χ0) is 23.5. The molecule has 2 atom stereocenters. The number of aromatic nitrogens is 1. The molecule has 0 saturated heterocycles. The molecule has 174 valence electrons. The van der Waals surface area contributed by atoms with Crippen molar-refractivity contribution in [2.75, 3.05) is 17.6 Å². The minimum absolute atomic E-state index is 0.0413. The van der Waals surface area contributed by atoms with Crippen LogP contribution >= 0.6 is 0 Å². The van der Waals surface area contributed by atoms with Crippen LogP contribution in [0.4, 0.5) is 5.82 Å². The number of anilines is 1. The van der Waals surface area contributed by atoms with E-state index in [0.717, 1.165) is 47.5 Å². The van der Waals surface area contributed by atoms with Crippen LogP contribution in [0.15, 0.2) is 36.4 Å². The number of pyridine rings is 1. The normalized spacial score (nSPS) is 22.8. The average molecular weight is 461 g/mol. The second kappa shape index (κ2) is 9.58. The first-order valence-corrected chi connectivity index (χ1v) is 12.8. The van der Waals surface area contributed by atoms with E-state index in [4.69, 9.17) is 4.74 Å².